The van der Waals surface area contributed by atoms with Crippen LogP contribution in [0.5, 0.6) is 0 Å². The van der Waals surface area contributed by atoms with Gasteiger partial charge in [0.25, 0.3) is 0 Å². The van der Waals surface area contributed by atoms with Crippen molar-refractivity contribution in [3.05, 3.63) is 47.8 Å². The Morgan fingerprint density at radius 2 is 2.06 bits per heavy atom. The van der Waals surface area contributed by atoms with E-state index in [4.69, 9.17) is 0 Å². The van der Waals surface area contributed by atoms with Gasteiger partial charge in [-0.1, -0.05) is 19.1 Å². The Morgan fingerprint density at radius 1 is 1.35 bits per heavy atom. The van der Waals surface area contributed by atoms with E-state index in [1.807, 2.05) is 36.1 Å². The maximum Gasteiger partial charge on any atom is 0.120 e. The first-order valence-electron chi connectivity index (χ1n) is 5.76. The van der Waals surface area contributed by atoms with Crippen LogP contribution in [0.1, 0.15) is 30.4 Å². The van der Waals surface area contributed by atoms with Crippen molar-refractivity contribution in [1.29, 1.82) is 0 Å². The predicted molar refractivity (Wildman–Crippen MR) is 67.4 cm³/mol. The topological polar surface area (TPSA) is 34.9 Å². The fourth-order valence-corrected chi connectivity index (χ4v) is 1.79. The van der Waals surface area contributed by atoms with Gasteiger partial charge in [0.05, 0.1) is 11.9 Å². The van der Waals surface area contributed by atoms with Gasteiger partial charge in [0.15, 0.2) is 0 Å². The Labute approximate surface area is 101 Å². The number of rotatable bonds is 4. The lowest BCUT2D eigenvalue weighted by Crippen LogP contribution is -1.97. The maximum absolute atomic E-state index is 10.5. The van der Waals surface area contributed by atoms with Crippen LogP contribution < -0.4 is 0 Å². The number of aryl methyl sites for hydroxylation is 1. The Morgan fingerprint density at radius 3 is 2.59 bits per heavy atom. The molecule has 0 aliphatic heterocycles. The van der Waals surface area contributed by atoms with Gasteiger partial charge in [0.1, 0.15) is 6.29 Å². The number of benzene rings is 1. The summed E-state index contributed by atoms with van der Waals surface area (Å²) in [6, 6.07) is 8.17. The zero-order chi connectivity index (χ0) is 12.3. The summed E-state index contributed by atoms with van der Waals surface area (Å²) < 4.78 is 1.85. The Balaban J connectivity index is 2.21. The van der Waals surface area contributed by atoms with Crippen LogP contribution in [-0.4, -0.2) is 16.1 Å². The molecule has 0 fully saturated rings. The summed E-state index contributed by atoms with van der Waals surface area (Å²) in [5, 5.41) is 4.26. The average Bonchev–Trinajstić information content (AvgIpc) is 2.76. The van der Waals surface area contributed by atoms with E-state index in [1.54, 1.807) is 0 Å². The number of carbonyl (C=O) groups is 1. The SMILES string of the molecule is Cc1cnn(-c2ccc(C(C)CC=O)cc2)c1. The van der Waals surface area contributed by atoms with Crippen LogP contribution in [-0.2, 0) is 4.79 Å². The Hall–Kier alpha value is -1.90. The van der Waals surface area contributed by atoms with Gasteiger partial charge in [-0.05, 0) is 36.1 Å². The van der Waals surface area contributed by atoms with Crippen LogP contribution >= 0.6 is 0 Å². The molecule has 1 unspecified atom stereocenters. The predicted octanol–water partition coefficient (Wildman–Crippen LogP) is 2.87. The molecular formula is C14H16N2O. The molecular weight excluding hydrogens is 212 g/mol. The van der Waals surface area contributed by atoms with Crippen molar-refractivity contribution in [1.82, 2.24) is 9.78 Å². The highest BCUT2D eigenvalue weighted by molar-refractivity contribution is 5.51. The summed E-state index contributed by atoms with van der Waals surface area (Å²) in [5.41, 5.74) is 3.37. The van der Waals surface area contributed by atoms with Crippen LogP contribution in [0.3, 0.4) is 0 Å². The van der Waals surface area contributed by atoms with Crippen molar-refractivity contribution in [2.24, 2.45) is 0 Å². The maximum atomic E-state index is 10.5. The minimum atomic E-state index is 0.279. The highest BCUT2D eigenvalue weighted by Crippen LogP contribution is 2.19. The molecule has 0 saturated carbocycles. The Kier molecular flexibility index (Phi) is 3.38. The molecule has 0 amide bonds. The van der Waals surface area contributed by atoms with Crippen LogP contribution in [0, 0.1) is 6.92 Å². The van der Waals surface area contributed by atoms with E-state index in [-0.39, 0.29) is 5.92 Å². The number of carbonyl (C=O) groups excluding carboxylic acids is 1. The standard InChI is InChI=1S/C14H16N2O/c1-11-9-15-16(10-11)14-5-3-13(4-6-14)12(2)7-8-17/h3-6,8-10,12H,7H2,1-2H3. The number of hydrogen-bond donors (Lipinski definition) is 0. The molecule has 3 heteroatoms. The van der Waals surface area contributed by atoms with Gasteiger partial charge in [0, 0.05) is 12.6 Å². The molecule has 0 saturated heterocycles. The molecule has 88 valence electrons. The van der Waals surface area contributed by atoms with Crippen molar-refractivity contribution in [3.8, 4) is 5.69 Å². The zero-order valence-corrected chi connectivity index (χ0v) is 10.1. The molecule has 2 rings (SSSR count). The van der Waals surface area contributed by atoms with Crippen molar-refractivity contribution in [3.63, 3.8) is 0 Å². The third kappa shape index (κ3) is 2.61. The molecule has 0 radical (unpaired) electrons. The molecule has 1 aromatic heterocycles. The van der Waals surface area contributed by atoms with Gasteiger partial charge in [-0.15, -0.1) is 0 Å². The van der Waals surface area contributed by atoms with Gasteiger partial charge in [0.2, 0.25) is 0 Å². The molecule has 1 heterocycles. The van der Waals surface area contributed by atoms with E-state index in [1.165, 1.54) is 5.56 Å². The van der Waals surface area contributed by atoms with E-state index in [0.29, 0.717) is 6.42 Å². The van der Waals surface area contributed by atoms with Crippen molar-refractivity contribution < 1.29 is 4.79 Å². The second-order valence-electron chi connectivity index (χ2n) is 4.36. The molecule has 1 aromatic carbocycles. The molecule has 0 aliphatic rings. The Bertz CT molecular complexity index is 499. The van der Waals surface area contributed by atoms with Gasteiger partial charge < -0.3 is 4.79 Å². The van der Waals surface area contributed by atoms with Gasteiger partial charge >= 0.3 is 0 Å². The fraction of sp³-hybridized carbons (Fsp3) is 0.286. The van der Waals surface area contributed by atoms with E-state index in [2.05, 4.69) is 24.2 Å². The smallest absolute Gasteiger partial charge is 0.120 e. The van der Waals surface area contributed by atoms with Crippen molar-refractivity contribution in [2.45, 2.75) is 26.2 Å². The fourth-order valence-electron chi connectivity index (χ4n) is 1.79. The lowest BCUT2D eigenvalue weighted by Gasteiger charge is -2.09. The van der Waals surface area contributed by atoms with Gasteiger partial charge in [-0.2, -0.15) is 5.10 Å². The number of aromatic nitrogens is 2. The minimum absolute atomic E-state index is 0.279. The summed E-state index contributed by atoms with van der Waals surface area (Å²) >= 11 is 0. The highest BCUT2D eigenvalue weighted by Gasteiger charge is 2.05. The molecule has 0 spiro atoms. The number of hydrogen-bond acceptors (Lipinski definition) is 2. The first kappa shape index (κ1) is 11.6. The van der Waals surface area contributed by atoms with Crippen molar-refractivity contribution >= 4 is 6.29 Å². The summed E-state index contributed by atoms with van der Waals surface area (Å²) in [6.07, 6.45) is 5.36. The molecule has 17 heavy (non-hydrogen) atoms. The monoisotopic (exact) mass is 228 g/mol. The van der Waals surface area contributed by atoms with Crippen LogP contribution in [0.2, 0.25) is 0 Å². The number of nitrogens with zero attached hydrogens (tertiary/aromatic N) is 2. The van der Waals surface area contributed by atoms with Gasteiger partial charge in [-0.25, -0.2) is 4.68 Å². The largest absolute Gasteiger partial charge is 0.303 e. The molecule has 0 N–H and O–H groups in total. The molecule has 0 aliphatic carbocycles. The third-order valence-corrected chi connectivity index (χ3v) is 2.89. The average molecular weight is 228 g/mol. The summed E-state index contributed by atoms with van der Waals surface area (Å²) in [6.45, 7) is 4.07. The van der Waals surface area contributed by atoms with E-state index < -0.39 is 0 Å². The number of aldehydes is 1. The van der Waals surface area contributed by atoms with Crippen LogP contribution in [0.25, 0.3) is 5.69 Å². The minimum Gasteiger partial charge on any atom is -0.303 e. The second-order valence-corrected chi connectivity index (χ2v) is 4.36. The first-order chi connectivity index (χ1) is 8.20. The second kappa shape index (κ2) is 4.95. The van der Waals surface area contributed by atoms with Gasteiger partial charge in [-0.3, -0.25) is 0 Å². The third-order valence-electron chi connectivity index (χ3n) is 2.89. The zero-order valence-electron chi connectivity index (χ0n) is 10.1. The van der Waals surface area contributed by atoms with Crippen LogP contribution in [0.4, 0.5) is 0 Å². The molecule has 3 nitrogen and oxygen atoms in total. The van der Waals surface area contributed by atoms with Crippen molar-refractivity contribution in [2.75, 3.05) is 0 Å². The molecule has 2 aromatic rings. The summed E-state index contributed by atoms with van der Waals surface area (Å²) in [4.78, 5) is 10.5. The highest BCUT2D eigenvalue weighted by atomic mass is 16.1. The first-order valence-corrected chi connectivity index (χ1v) is 5.76. The normalized spacial score (nSPS) is 12.4. The van der Waals surface area contributed by atoms with E-state index in [9.17, 15) is 4.79 Å². The lowest BCUT2D eigenvalue weighted by atomic mass is 9.98. The molecule has 1 atom stereocenters. The summed E-state index contributed by atoms with van der Waals surface area (Å²) in [5.74, 6) is 0.279. The quantitative estimate of drug-likeness (QED) is 0.754. The van der Waals surface area contributed by atoms with E-state index >= 15 is 0 Å². The van der Waals surface area contributed by atoms with Crippen LogP contribution in [0.15, 0.2) is 36.7 Å². The molecule has 0 bridgehead atoms. The van der Waals surface area contributed by atoms with E-state index in [0.717, 1.165) is 17.5 Å². The summed E-state index contributed by atoms with van der Waals surface area (Å²) in [7, 11) is 0. The lowest BCUT2D eigenvalue weighted by molar-refractivity contribution is -0.108.